The Hall–Kier alpha value is -1.27. The summed E-state index contributed by atoms with van der Waals surface area (Å²) in [5, 5.41) is 73.8. The molecule has 0 aromatic carbocycles. The van der Waals surface area contributed by atoms with Crippen LogP contribution >= 0.6 is 0 Å². The van der Waals surface area contributed by atoms with Crippen molar-refractivity contribution < 1.29 is 69.0 Å². The molecule has 0 aromatic rings. The molecule has 4 heterocycles. The van der Waals surface area contributed by atoms with Crippen molar-refractivity contribution in [3.8, 4) is 0 Å². The first-order valence-corrected chi connectivity index (χ1v) is 16.5. The van der Waals surface area contributed by atoms with Gasteiger partial charge >= 0.3 is 5.97 Å². The highest BCUT2D eigenvalue weighted by Gasteiger charge is 2.62. The molecule has 2 aliphatic carbocycles. The van der Waals surface area contributed by atoms with Crippen LogP contribution in [0.1, 0.15) is 59.8 Å². The summed E-state index contributed by atoms with van der Waals surface area (Å²) < 4.78 is 35.2. The first-order chi connectivity index (χ1) is 21.7. The lowest BCUT2D eigenvalue weighted by Crippen LogP contribution is -2.65. The molecule has 6 aliphatic rings. The lowest BCUT2D eigenvalue weighted by molar-refractivity contribution is -0.376. The molecule has 17 unspecified atom stereocenters. The van der Waals surface area contributed by atoms with Gasteiger partial charge in [0.05, 0.1) is 24.9 Å². The van der Waals surface area contributed by atoms with Crippen LogP contribution in [0, 0.1) is 28.6 Å². The number of aliphatic hydroxyl groups is 7. The summed E-state index contributed by atoms with van der Waals surface area (Å²) in [7, 11) is 0. The van der Waals surface area contributed by atoms with Crippen molar-refractivity contribution in [2.75, 3.05) is 13.2 Å². The highest BCUT2D eigenvalue weighted by Crippen LogP contribution is 2.64. The monoisotopic (exact) mass is 658 g/mol. The zero-order valence-corrected chi connectivity index (χ0v) is 26.8. The fraction of sp³-hybridized carbons (Fsp3) is 0.906. The third-order valence-corrected chi connectivity index (χ3v) is 12.1. The molecular weight excluding hydrogens is 608 g/mol. The summed E-state index contributed by atoms with van der Waals surface area (Å²) in [5.74, 6) is -0.190. The Morgan fingerprint density at radius 1 is 0.870 bits per heavy atom. The lowest BCUT2D eigenvalue weighted by atomic mass is 9.44. The summed E-state index contributed by atoms with van der Waals surface area (Å²) in [5.41, 5.74) is 0.105. The van der Waals surface area contributed by atoms with Crippen LogP contribution in [0.5, 0.6) is 0 Å². The molecule has 46 heavy (non-hydrogen) atoms. The Morgan fingerprint density at radius 3 is 2.28 bits per heavy atom. The summed E-state index contributed by atoms with van der Waals surface area (Å²) in [4.78, 5) is 11.8. The normalized spacial score (nSPS) is 52.3. The zero-order valence-electron chi connectivity index (χ0n) is 26.8. The van der Waals surface area contributed by atoms with Gasteiger partial charge in [-0.3, -0.25) is 0 Å². The molecule has 14 heteroatoms. The van der Waals surface area contributed by atoms with Crippen molar-refractivity contribution in [3.63, 3.8) is 0 Å². The van der Waals surface area contributed by atoms with Gasteiger partial charge in [0.1, 0.15) is 49.3 Å². The molecule has 4 aliphatic heterocycles. The summed E-state index contributed by atoms with van der Waals surface area (Å²) in [6.07, 6.45) is -10.7. The van der Waals surface area contributed by atoms with E-state index < -0.39 is 97.9 Å². The Bertz CT molecular complexity index is 1150. The number of fused-ring (bicyclic) bond motifs is 3. The van der Waals surface area contributed by atoms with Crippen LogP contribution in [0.15, 0.2) is 11.6 Å². The van der Waals surface area contributed by atoms with Crippen LogP contribution in [-0.2, 0) is 33.2 Å². The van der Waals surface area contributed by atoms with Crippen LogP contribution in [0.4, 0.5) is 0 Å². The number of rotatable bonds is 6. The third-order valence-electron chi connectivity index (χ3n) is 12.1. The number of hydrogen-bond acceptors (Lipinski definition) is 14. The second-order valence-electron chi connectivity index (χ2n) is 15.0. The smallest absolute Gasteiger partial charge is 0.331 e. The largest absolute Gasteiger partial charge is 0.458 e. The van der Waals surface area contributed by atoms with Crippen molar-refractivity contribution in [1.82, 2.24) is 0 Å². The Morgan fingerprint density at radius 2 is 1.61 bits per heavy atom. The highest BCUT2D eigenvalue weighted by molar-refractivity contribution is 5.85. The van der Waals surface area contributed by atoms with E-state index in [1.165, 1.54) is 13.0 Å². The molecule has 0 radical (unpaired) electrons. The van der Waals surface area contributed by atoms with Gasteiger partial charge in [0.15, 0.2) is 18.9 Å². The molecule has 2 saturated carbocycles. The number of carbonyl (C=O) groups excluding carboxylic acids is 1. The van der Waals surface area contributed by atoms with Gasteiger partial charge in [-0.15, -0.1) is 0 Å². The van der Waals surface area contributed by atoms with Gasteiger partial charge in [-0.05, 0) is 61.7 Å². The van der Waals surface area contributed by atoms with Crippen molar-refractivity contribution in [1.29, 1.82) is 0 Å². The van der Waals surface area contributed by atoms with Crippen LogP contribution in [-0.4, -0.2) is 135 Å². The van der Waals surface area contributed by atoms with Crippen molar-refractivity contribution in [2.45, 2.75) is 140 Å². The number of hydrogen-bond donors (Lipinski definition) is 7. The topological polar surface area (TPSA) is 214 Å². The molecule has 5 fully saturated rings. The molecule has 3 saturated heterocycles. The van der Waals surface area contributed by atoms with Crippen LogP contribution in [0.3, 0.4) is 0 Å². The predicted octanol–water partition coefficient (Wildman–Crippen LogP) is -0.917. The molecule has 0 aromatic heterocycles. The standard InChI is InChI=1S/C32H50O14/c1-13-22(35)24(37)26(39)29(42-13)46-27-25(38)23(36)18(11-33)44-30(27)45-20-7-8-32(4)16-10-17(14-9-21(34)41-12-14)43-28(40)15(16)5-6-19(32)31(20,2)3/h9,13,15-20,22-30,33,35-40H,5-8,10-12H2,1-4H3. The highest BCUT2D eigenvalue weighted by atomic mass is 16.8. The van der Waals surface area contributed by atoms with Crippen molar-refractivity contribution >= 4 is 5.97 Å². The minimum absolute atomic E-state index is 0.0519. The van der Waals surface area contributed by atoms with Crippen LogP contribution < -0.4 is 0 Å². The molecule has 0 amide bonds. The average molecular weight is 659 g/mol. The summed E-state index contributed by atoms with van der Waals surface area (Å²) in [6, 6.07) is 0. The van der Waals surface area contributed by atoms with Gasteiger partial charge in [-0.25, -0.2) is 4.79 Å². The molecule has 14 nitrogen and oxygen atoms in total. The predicted molar refractivity (Wildman–Crippen MR) is 155 cm³/mol. The molecule has 17 atom stereocenters. The minimum Gasteiger partial charge on any atom is -0.458 e. The Labute approximate surface area is 268 Å². The minimum atomic E-state index is -1.66. The fourth-order valence-electron chi connectivity index (χ4n) is 9.41. The van der Waals surface area contributed by atoms with E-state index in [0.29, 0.717) is 12.8 Å². The number of esters is 1. The van der Waals surface area contributed by atoms with E-state index in [1.807, 2.05) is 0 Å². The summed E-state index contributed by atoms with van der Waals surface area (Å²) in [6.45, 7) is 7.59. The first kappa shape index (κ1) is 34.6. The maximum atomic E-state index is 11.8. The van der Waals surface area contributed by atoms with Gasteiger partial charge in [0.2, 0.25) is 0 Å². The fourth-order valence-corrected chi connectivity index (χ4v) is 9.41. The van der Waals surface area contributed by atoms with Gasteiger partial charge in [-0.1, -0.05) is 20.8 Å². The van der Waals surface area contributed by atoms with E-state index in [9.17, 15) is 40.5 Å². The molecule has 0 spiro atoms. The van der Waals surface area contributed by atoms with Gasteiger partial charge < -0.3 is 64.2 Å². The maximum absolute atomic E-state index is 11.8. The van der Waals surface area contributed by atoms with Crippen LogP contribution in [0.2, 0.25) is 0 Å². The average Bonchev–Trinajstić information content (AvgIpc) is 3.45. The second-order valence-corrected chi connectivity index (χ2v) is 15.0. The van der Waals surface area contributed by atoms with E-state index >= 15 is 0 Å². The Balaban J connectivity index is 1.22. The van der Waals surface area contributed by atoms with E-state index in [1.54, 1.807) is 0 Å². The molecule has 262 valence electrons. The Kier molecular flexibility index (Phi) is 9.69. The molecule has 7 N–H and O–H groups in total. The van der Waals surface area contributed by atoms with Crippen molar-refractivity contribution in [2.24, 2.45) is 28.6 Å². The second kappa shape index (κ2) is 12.9. The number of ether oxygens (including phenoxy) is 6. The molecular formula is C32H50O14. The third kappa shape index (κ3) is 5.86. The molecule has 0 bridgehead atoms. The maximum Gasteiger partial charge on any atom is 0.331 e. The van der Waals surface area contributed by atoms with E-state index in [4.69, 9.17) is 28.4 Å². The number of cyclic esters (lactones) is 1. The summed E-state index contributed by atoms with van der Waals surface area (Å²) >= 11 is 0. The van der Waals surface area contributed by atoms with E-state index in [2.05, 4.69) is 20.8 Å². The van der Waals surface area contributed by atoms with Gasteiger partial charge in [0, 0.05) is 17.6 Å². The van der Waals surface area contributed by atoms with Gasteiger partial charge in [0.25, 0.3) is 0 Å². The quantitative estimate of drug-likeness (QED) is 0.136. The van der Waals surface area contributed by atoms with Gasteiger partial charge in [-0.2, -0.15) is 0 Å². The van der Waals surface area contributed by atoms with E-state index in [-0.39, 0.29) is 29.8 Å². The lowest BCUT2D eigenvalue weighted by Gasteiger charge is -2.63. The first-order valence-electron chi connectivity index (χ1n) is 16.5. The number of aliphatic hydroxyl groups excluding tert-OH is 7. The number of carbonyl (C=O) groups is 1. The van der Waals surface area contributed by atoms with Crippen LogP contribution in [0.25, 0.3) is 0 Å². The van der Waals surface area contributed by atoms with E-state index in [0.717, 1.165) is 24.8 Å². The molecule has 6 rings (SSSR count). The zero-order chi connectivity index (χ0) is 33.3. The SMILES string of the molecule is CC1OC(OC2C(OC3CCC4(C)C5CC(C6=CC(=O)OC6)OC(O)C5CCC4C3(C)C)OC(CO)C(O)C2O)C(O)C(O)C1O. The van der Waals surface area contributed by atoms with Crippen molar-refractivity contribution in [3.05, 3.63) is 11.6 Å².